The average Bonchev–Trinajstić information content (AvgIpc) is 2.65. The molecule has 0 amide bonds. The van der Waals surface area contributed by atoms with Crippen molar-refractivity contribution >= 4 is 7.14 Å². The van der Waals surface area contributed by atoms with Crippen molar-refractivity contribution < 1.29 is 9.30 Å². The molecule has 2 aliphatic rings. The molecule has 0 bridgehead atoms. The number of ether oxygens (including phenoxy) is 1. The lowest BCUT2D eigenvalue weighted by atomic mass is 9.82. The molecule has 17 heavy (non-hydrogen) atoms. The predicted octanol–water partition coefficient (Wildman–Crippen LogP) is 3.70. The van der Waals surface area contributed by atoms with Gasteiger partial charge >= 0.3 is 0 Å². The van der Waals surface area contributed by atoms with Crippen LogP contribution in [0.1, 0.15) is 29.6 Å². The summed E-state index contributed by atoms with van der Waals surface area (Å²) >= 11 is 0. The Morgan fingerprint density at radius 2 is 2.18 bits per heavy atom. The summed E-state index contributed by atoms with van der Waals surface area (Å²) in [6, 6.07) is 6.29. The summed E-state index contributed by atoms with van der Waals surface area (Å²) in [7, 11) is -0.269. The lowest BCUT2D eigenvalue weighted by Gasteiger charge is -2.30. The third-order valence-corrected chi connectivity index (χ3v) is 7.45. The maximum Gasteiger partial charge on any atom is 0.119 e. The van der Waals surface area contributed by atoms with Crippen molar-refractivity contribution in [1.82, 2.24) is 0 Å². The van der Waals surface area contributed by atoms with E-state index in [9.17, 15) is 4.57 Å². The number of benzene rings is 1. The number of aryl methyl sites for hydroxylation is 1. The molecule has 1 saturated heterocycles. The van der Waals surface area contributed by atoms with Crippen molar-refractivity contribution in [2.75, 3.05) is 19.9 Å². The number of hydrogen-bond donors (Lipinski definition) is 0. The Hall–Kier alpha value is -0.750. The van der Waals surface area contributed by atoms with Crippen LogP contribution in [0.15, 0.2) is 18.2 Å². The van der Waals surface area contributed by atoms with Crippen molar-refractivity contribution in [3.05, 3.63) is 29.3 Å². The second kappa shape index (κ2) is 3.88. The minimum Gasteiger partial charge on any atom is -0.497 e. The standard InChI is InChI=1S/C14H19O2P/c1-16-12-5-6-13-11(9-12)4-3-10-7-8-17(2,15)14(10)13/h5-6,9-10,14H,3-4,7-8H2,1-2H3/t10-,14+,17+/m1/s1. The molecule has 0 spiro atoms. The highest BCUT2D eigenvalue weighted by atomic mass is 31.2. The van der Waals surface area contributed by atoms with Gasteiger partial charge in [-0.2, -0.15) is 0 Å². The quantitative estimate of drug-likeness (QED) is 0.710. The highest BCUT2D eigenvalue weighted by molar-refractivity contribution is 7.63. The second-order valence-electron chi connectivity index (χ2n) is 5.49. The SMILES string of the molecule is COc1ccc2c(c1)CC[C@@H]1CC[P@](C)(=O)[C@H]21. The van der Waals surface area contributed by atoms with E-state index in [0.29, 0.717) is 11.6 Å². The topological polar surface area (TPSA) is 26.3 Å². The molecular weight excluding hydrogens is 231 g/mol. The number of hydrogen-bond acceptors (Lipinski definition) is 2. The summed E-state index contributed by atoms with van der Waals surface area (Å²) in [4.78, 5) is 0. The van der Waals surface area contributed by atoms with Crippen LogP contribution in [0.25, 0.3) is 0 Å². The summed E-state index contributed by atoms with van der Waals surface area (Å²) in [5.74, 6) is 1.58. The molecule has 1 heterocycles. The molecule has 0 saturated carbocycles. The van der Waals surface area contributed by atoms with Gasteiger partial charge in [0.2, 0.25) is 0 Å². The Morgan fingerprint density at radius 3 is 2.94 bits per heavy atom. The molecule has 1 aromatic carbocycles. The van der Waals surface area contributed by atoms with Crippen molar-refractivity contribution in [1.29, 1.82) is 0 Å². The molecule has 0 N–H and O–H groups in total. The third kappa shape index (κ3) is 1.74. The van der Waals surface area contributed by atoms with Gasteiger partial charge in [0.05, 0.1) is 14.3 Å². The van der Waals surface area contributed by atoms with Crippen LogP contribution < -0.4 is 4.74 Å². The Balaban J connectivity index is 2.08. The van der Waals surface area contributed by atoms with Gasteiger partial charge in [-0.15, -0.1) is 0 Å². The normalized spacial score (nSPS) is 35.2. The number of methoxy groups -OCH3 is 1. The fourth-order valence-corrected chi connectivity index (χ4v) is 6.72. The molecule has 3 atom stereocenters. The van der Waals surface area contributed by atoms with Crippen LogP contribution in [0.4, 0.5) is 0 Å². The van der Waals surface area contributed by atoms with Crippen molar-refractivity contribution in [2.45, 2.75) is 24.9 Å². The molecule has 3 heteroatoms. The lowest BCUT2D eigenvalue weighted by molar-refractivity contribution is 0.410. The van der Waals surface area contributed by atoms with Crippen LogP contribution in [0, 0.1) is 5.92 Å². The molecule has 1 aliphatic heterocycles. The summed E-state index contributed by atoms with van der Waals surface area (Å²) in [6.07, 6.45) is 4.41. The van der Waals surface area contributed by atoms with Gasteiger partial charge in [0.1, 0.15) is 5.75 Å². The minimum absolute atomic E-state index is 0.331. The summed E-state index contributed by atoms with van der Waals surface area (Å²) < 4.78 is 17.9. The maximum atomic E-state index is 12.7. The first-order valence-corrected chi connectivity index (χ1v) is 8.76. The van der Waals surface area contributed by atoms with E-state index in [2.05, 4.69) is 12.1 Å². The van der Waals surface area contributed by atoms with Gasteiger partial charge in [-0.05, 0) is 55.1 Å². The van der Waals surface area contributed by atoms with Crippen LogP contribution in [-0.4, -0.2) is 19.9 Å². The molecule has 1 aromatic rings. The second-order valence-corrected chi connectivity index (χ2v) is 8.85. The fraction of sp³-hybridized carbons (Fsp3) is 0.571. The van der Waals surface area contributed by atoms with Gasteiger partial charge < -0.3 is 9.30 Å². The Bertz CT molecular complexity index is 495. The Morgan fingerprint density at radius 1 is 1.35 bits per heavy atom. The average molecular weight is 250 g/mol. The van der Waals surface area contributed by atoms with E-state index >= 15 is 0 Å². The van der Waals surface area contributed by atoms with E-state index < -0.39 is 7.14 Å². The molecule has 1 fully saturated rings. The third-order valence-electron chi connectivity index (χ3n) is 4.43. The van der Waals surface area contributed by atoms with Crippen LogP contribution in [0.2, 0.25) is 0 Å². The number of rotatable bonds is 1. The van der Waals surface area contributed by atoms with E-state index in [4.69, 9.17) is 4.74 Å². The molecular formula is C14H19O2P. The Labute approximate surface area is 103 Å². The first kappa shape index (κ1) is 11.3. The minimum atomic E-state index is -1.97. The molecule has 1 aliphatic carbocycles. The number of fused-ring (bicyclic) bond motifs is 3. The fourth-order valence-electron chi connectivity index (χ4n) is 3.57. The summed E-state index contributed by atoms with van der Waals surface area (Å²) in [5, 5.41) is 0. The van der Waals surface area contributed by atoms with E-state index in [0.717, 1.165) is 24.8 Å². The zero-order valence-electron chi connectivity index (χ0n) is 10.5. The first-order chi connectivity index (χ1) is 8.12. The van der Waals surface area contributed by atoms with E-state index in [1.54, 1.807) is 7.11 Å². The van der Waals surface area contributed by atoms with Crippen molar-refractivity contribution in [2.24, 2.45) is 5.92 Å². The van der Waals surface area contributed by atoms with Gasteiger partial charge in [0, 0.05) is 11.8 Å². The summed E-state index contributed by atoms with van der Waals surface area (Å²) in [5.41, 5.74) is 3.03. The van der Waals surface area contributed by atoms with Crippen molar-refractivity contribution in [3.63, 3.8) is 0 Å². The van der Waals surface area contributed by atoms with Crippen LogP contribution in [-0.2, 0) is 11.0 Å². The van der Waals surface area contributed by atoms with Gasteiger partial charge in [-0.3, -0.25) is 0 Å². The molecule has 92 valence electrons. The zero-order valence-corrected chi connectivity index (χ0v) is 11.4. The van der Waals surface area contributed by atoms with Crippen LogP contribution in [0.3, 0.4) is 0 Å². The van der Waals surface area contributed by atoms with E-state index in [1.807, 2.05) is 12.7 Å². The zero-order chi connectivity index (χ0) is 12.0. The highest BCUT2D eigenvalue weighted by Crippen LogP contribution is 2.68. The van der Waals surface area contributed by atoms with Crippen LogP contribution in [0.5, 0.6) is 5.75 Å². The van der Waals surface area contributed by atoms with E-state index in [1.165, 1.54) is 17.5 Å². The highest BCUT2D eigenvalue weighted by Gasteiger charge is 2.44. The molecule has 2 nitrogen and oxygen atoms in total. The van der Waals surface area contributed by atoms with Gasteiger partial charge in [-0.1, -0.05) is 6.07 Å². The lowest BCUT2D eigenvalue weighted by Crippen LogP contribution is -2.15. The van der Waals surface area contributed by atoms with Crippen molar-refractivity contribution in [3.8, 4) is 5.75 Å². The maximum absolute atomic E-state index is 12.7. The van der Waals surface area contributed by atoms with E-state index in [-0.39, 0.29) is 0 Å². The van der Waals surface area contributed by atoms with Gasteiger partial charge in [0.15, 0.2) is 0 Å². The molecule has 0 unspecified atom stereocenters. The molecule has 3 rings (SSSR count). The molecule has 0 radical (unpaired) electrons. The van der Waals surface area contributed by atoms with Crippen LogP contribution >= 0.6 is 7.14 Å². The Kier molecular flexibility index (Phi) is 2.59. The predicted molar refractivity (Wildman–Crippen MR) is 70.6 cm³/mol. The van der Waals surface area contributed by atoms with Gasteiger partial charge in [-0.25, -0.2) is 0 Å². The largest absolute Gasteiger partial charge is 0.497 e. The first-order valence-electron chi connectivity index (χ1n) is 6.35. The smallest absolute Gasteiger partial charge is 0.119 e. The summed E-state index contributed by atoms with van der Waals surface area (Å²) in [6.45, 7) is 2.00. The molecule has 0 aromatic heterocycles. The monoisotopic (exact) mass is 250 g/mol. The van der Waals surface area contributed by atoms with Gasteiger partial charge in [0.25, 0.3) is 0 Å².